The monoisotopic (exact) mass is 318 g/mol. The molecule has 0 saturated carbocycles. The zero-order chi connectivity index (χ0) is 13.5. The molecule has 1 saturated heterocycles. The largest absolute Gasteiger partial charge is 0.351 e. The molecule has 1 aliphatic rings. The standard InChI is InChI=1S/C15H15BrN2O/c1-15(7-6-13(19)18-15)9-10-4-5-12(16)11-3-2-8-17-14(10)11/h2-5,8H,6-7,9H2,1H3,(H,18,19). The molecule has 1 atom stereocenters. The van der Waals surface area contributed by atoms with E-state index in [2.05, 4.69) is 51.4 Å². The van der Waals surface area contributed by atoms with E-state index in [0.29, 0.717) is 6.42 Å². The third-order valence-electron chi connectivity index (χ3n) is 3.73. The Hall–Kier alpha value is -1.42. The van der Waals surface area contributed by atoms with Gasteiger partial charge in [-0.05, 0) is 37.5 Å². The number of carbonyl (C=O) groups excluding carboxylic acids is 1. The first kappa shape index (κ1) is 12.6. The number of benzene rings is 1. The van der Waals surface area contributed by atoms with Crippen LogP contribution in [0.25, 0.3) is 10.9 Å². The van der Waals surface area contributed by atoms with Gasteiger partial charge in [-0.3, -0.25) is 9.78 Å². The van der Waals surface area contributed by atoms with Gasteiger partial charge in [0.15, 0.2) is 0 Å². The number of carbonyl (C=O) groups is 1. The van der Waals surface area contributed by atoms with Gasteiger partial charge < -0.3 is 5.32 Å². The van der Waals surface area contributed by atoms with Crippen molar-refractivity contribution in [3.63, 3.8) is 0 Å². The zero-order valence-electron chi connectivity index (χ0n) is 10.7. The number of nitrogens with one attached hydrogen (secondary N) is 1. The number of hydrogen-bond donors (Lipinski definition) is 1. The average molecular weight is 319 g/mol. The minimum absolute atomic E-state index is 0.143. The lowest BCUT2D eigenvalue weighted by atomic mass is 9.90. The van der Waals surface area contributed by atoms with E-state index >= 15 is 0 Å². The Kier molecular flexibility index (Phi) is 3.05. The summed E-state index contributed by atoms with van der Waals surface area (Å²) in [6.07, 6.45) is 4.14. The molecule has 98 valence electrons. The number of halogens is 1. The number of fused-ring (bicyclic) bond motifs is 1. The Labute approximate surface area is 120 Å². The number of amides is 1. The highest BCUT2D eigenvalue weighted by Crippen LogP contribution is 2.30. The van der Waals surface area contributed by atoms with Crippen molar-refractivity contribution < 1.29 is 4.79 Å². The summed E-state index contributed by atoms with van der Waals surface area (Å²) >= 11 is 3.56. The summed E-state index contributed by atoms with van der Waals surface area (Å²) in [4.78, 5) is 15.9. The van der Waals surface area contributed by atoms with Crippen molar-refractivity contribution >= 4 is 32.7 Å². The van der Waals surface area contributed by atoms with Crippen molar-refractivity contribution in [2.45, 2.75) is 31.7 Å². The minimum Gasteiger partial charge on any atom is -0.351 e. The van der Waals surface area contributed by atoms with Crippen molar-refractivity contribution in [2.24, 2.45) is 0 Å². The van der Waals surface area contributed by atoms with Crippen LogP contribution in [0.5, 0.6) is 0 Å². The van der Waals surface area contributed by atoms with Crippen LogP contribution in [0.15, 0.2) is 34.9 Å². The molecule has 2 heterocycles. The Morgan fingerprint density at radius 2 is 2.26 bits per heavy atom. The van der Waals surface area contributed by atoms with E-state index in [1.165, 1.54) is 5.56 Å². The molecular weight excluding hydrogens is 304 g/mol. The van der Waals surface area contributed by atoms with E-state index in [9.17, 15) is 4.79 Å². The number of hydrogen-bond acceptors (Lipinski definition) is 2. The maximum absolute atomic E-state index is 11.4. The highest BCUT2D eigenvalue weighted by Gasteiger charge is 2.33. The molecule has 0 bridgehead atoms. The molecule has 1 unspecified atom stereocenters. The topological polar surface area (TPSA) is 42.0 Å². The van der Waals surface area contributed by atoms with E-state index in [1.54, 1.807) is 0 Å². The van der Waals surface area contributed by atoms with Crippen LogP contribution in [0.1, 0.15) is 25.3 Å². The summed E-state index contributed by atoms with van der Waals surface area (Å²) in [7, 11) is 0. The molecule has 1 fully saturated rings. The van der Waals surface area contributed by atoms with Gasteiger partial charge in [0.25, 0.3) is 0 Å². The van der Waals surface area contributed by atoms with Crippen LogP contribution in [0.2, 0.25) is 0 Å². The van der Waals surface area contributed by atoms with Crippen molar-refractivity contribution in [1.82, 2.24) is 10.3 Å². The Morgan fingerprint density at radius 1 is 1.42 bits per heavy atom. The van der Waals surface area contributed by atoms with Crippen LogP contribution in [0.3, 0.4) is 0 Å². The van der Waals surface area contributed by atoms with Gasteiger partial charge >= 0.3 is 0 Å². The quantitative estimate of drug-likeness (QED) is 0.923. The minimum atomic E-state index is -0.143. The molecule has 0 spiro atoms. The van der Waals surface area contributed by atoms with Gasteiger partial charge in [-0.25, -0.2) is 0 Å². The maximum Gasteiger partial charge on any atom is 0.220 e. The predicted molar refractivity (Wildman–Crippen MR) is 78.9 cm³/mol. The van der Waals surface area contributed by atoms with E-state index in [4.69, 9.17) is 0 Å². The molecule has 2 aromatic rings. The van der Waals surface area contributed by atoms with Crippen molar-refractivity contribution in [2.75, 3.05) is 0 Å². The lowest BCUT2D eigenvalue weighted by Crippen LogP contribution is -2.40. The smallest absolute Gasteiger partial charge is 0.220 e. The normalized spacial score (nSPS) is 22.7. The first-order valence-corrected chi connectivity index (χ1v) is 7.20. The third kappa shape index (κ3) is 2.37. The summed E-state index contributed by atoms with van der Waals surface area (Å²) in [6.45, 7) is 2.11. The van der Waals surface area contributed by atoms with Crippen molar-refractivity contribution in [1.29, 1.82) is 0 Å². The fourth-order valence-electron chi connectivity index (χ4n) is 2.74. The van der Waals surface area contributed by atoms with Crippen LogP contribution in [0, 0.1) is 0 Å². The molecule has 1 amide bonds. The molecule has 1 aliphatic heterocycles. The summed E-state index contributed by atoms with van der Waals surface area (Å²) < 4.78 is 1.06. The number of pyridine rings is 1. The molecule has 4 heteroatoms. The van der Waals surface area contributed by atoms with Gasteiger partial charge in [0.05, 0.1) is 5.52 Å². The van der Waals surface area contributed by atoms with E-state index < -0.39 is 0 Å². The number of nitrogens with zero attached hydrogens (tertiary/aromatic N) is 1. The van der Waals surface area contributed by atoms with Gasteiger partial charge in [0, 0.05) is 28.0 Å². The SMILES string of the molecule is CC1(Cc2ccc(Br)c3cccnc23)CCC(=O)N1. The summed E-state index contributed by atoms with van der Waals surface area (Å²) in [5.74, 6) is 0.150. The Morgan fingerprint density at radius 3 is 3.00 bits per heavy atom. The lowest BCUT2D eigenvalue weighted by molar-refractivity contribution is -0.119. The highest BCUT2D eigenvalue weighted by molar-refractivity contribution is 9.10. The lowest BCUT2D eigenvalue weighted by Gasteiger charge is -2.24. The van der Waals surface area contributed by atoms with Crippen LogP contribution in [-0.4, -0.2) is 16.4 Å². The highest BCUT2D eigenvalue weighted by atomic mass is 79.9. The van der Waals surface area contributed by atoms with Gasteiger partial charge in [0.2, 0.25) is 5.91 Å². The first-order chi connectivity index (χ1) is 9.07. The van der Waals surface area contributed by atoms with Crippen molar-refractivity contribution in [3.8, 4) is 0 Å². The molecule has 1 aromatic carbocycles. The summed E-state index contributed by atoms with van der Waals surface area (Å²) in [5.41, 5.74) is 2.05. The Bertz CT molecular complexity index is 656. The predicted octanol–water partition coefficient (Wildman–Crippen LogP) is 3.21. The van der Waals surface area contributed by atoms with Crippen LogP contribution >= 0.6 is 15.9 Å². The second kappa shape index (κ2) is 4.60. The summed E-state index contributed by atoms with van der Waals surface area (Å²) in [5, 5.41) is 4.20. The fraction of sp³-hybridized carbons (Fsp3) is 0.333. The van der Waals surface area contributed by atoms with Gasteiger partial charge in [0.1, 0.15) is 0 Å². The maximum atomic E-state index is 11.4. The fourth-order valence-corrected chi connectivity index (χ4v) is 3.20. The molecular formula is C15H15BrN2O. The first-order valence-electron chi connectivity index (χ1n) is 6.41. The Balaban J connectivity index is 2.02. The van der Waals surface area contributed by atoms with Crippen LogP contribution in [0.4, 0.5) is 0 Å². The second-order valence-electron chi connectivity index (χ2n) is 5.39. The molecule has 1 N–H and O–H groups in total. The van der Waals surface area contributed by atoms with E-state index in [1.807, 2.05) is 12.3 Å². The van der Waals surface area contributed by atoms with Crippen LogP contribution < -0.4 is 5.32 Å². The molecule has 1 aromatic heterocycles. The average Bonchev–Trinajstić information content (AvgIpc) is 2.73. The van der Waals surface area contributed by atoms with E-state index in [0.717, 1.165) is 28.2 Å². The van der Waals surface area contributed by atoms with Crippen molar-refractivity contribution in [3.05, 3.63) is 40.5 Å². The molecule has 0 aliphatic carbocycles. The van der Waals surface area contributed by atoms with Gasteiger partial charge in [-0.15, -0.1) is 0 Å². The van der Waals surface area contributed by atoms with Gasteiger partial charge in [-0.1, -0.05) is 28.1 Å². The summed E-state index contributed by atoms with van der Waals surface area (Å²) in [6, 6.07) is 8.15. The van der Waals surface area contributed by atoms with Gasteiger partial charge in [-0.2, -0.15) is 0 Å². The van der Waals surface area contributed by atoms with Crippen LogP contribution in [-0.2, 0) is 11.2 Å². The molecule has 19 heavy (non-hydrogen) atoms. The number of rotatable bonds is 2. The second-order valence-corrected chi connectivity index (χ2v) is 6.25. The molecule has 3 nitrogen and oxygen atoms in total. The number of aromatic nitrogens is 1. The molecule has 0 radical (unpaired) electrons. The third-order valence-corrected chi connectivity index (χ3v) is 4.42. The van der Waals surface area contributed by atoms with E-state index in [-0.39, 0.29) is 11.4 Å². The molecule has 3 rings (SSSR count). The zero-order valence-corrected chi connectivity index (χ0v) is 12.3.